The van der Waals surface area contributed by atoms with Gasteiger partial charge in [-0.3, -0.25) is 0 Å². The molecule has 2 atom stereocenters. The molecular formula is C6H14N2. The molecule has 2 heteroatoms. The highest BCUT2D eigenvalue weighted by Gasteiger charge is 2.12. The molecule has 0 aliphatic carbocycles. The first-order valence-electron chi connectivity index (χ1n) is 3.28. The minimum atomic E-state index is 0.450. The number of nitrogens with one attached hydrogen (secondary N) is 1. The van der Waals surface area contributed by atoms with Gasteiger partial charge in [0.25, 0.3) is 0 Å². The van der Waals surface area contributed by atoms with Crippen molar-refractivity contribution in [1.29, 1.82) is 0 Å². The number of hydrogen-bond acceptors (Lipinski definition) is 2. The van der Waals surface area contributed by atoms with Crippen molar-refractivity contribution in [2.24, 2.45) is 5.73 Å². The number of nitrogens with two attached hydrogens (primary N) is 1. The normalized spacial score (nSPS) is 39.8. The highest BCUT2D eigenvalue weighted by molar-refractivity contribution is 4.76. The molecule has 0 radical (unpaired) electrons. The molecule has 0 aromatic heterocycles. The van der Waals surface area contributed by atoms with Gasteiger partial charge < -0.3 is 11.1 Å². The summed E-state index contributed by atoms with van der Waals surface area (Å²) in [6.45, 7) is 3.28. The molecule has 8 heavy (non-hydrogen) atoms. The molecule has 1 fully saturated rings. The first kappa shape index (κ1) is 6.05. The molecule has 1 heterocycles. The van der Waals surface area contributed by atoms with Crippen LogP contribution >= 0.6 is 0 Å². The second kappa shape index (κ2) is 2.46. The second-order valence-corrected chi connectivity index (χ2v) is 2.64. The van der Waals surface area contributed by atoms with Crippen molar-refractivity contribution >= 4 is 0 Å². The third-order valence-electron chi connectivity index (χ3n) is 1.66. The van der Waals surface area contributed by atoms with Crippen molar-refractivity contribution in [2.75, 3.05) is 6.54 Å². The van der Waals surface area contributed by atoms with E-state index in [9.17, 15) is 0 Å². The Hall–Kier alpha value is -0.0800. The standard InChI is InChI=1S/C6H14N2/c1-5-4-6(7)2-3-8-5/h5-6,8H,2-4,7H2,1H3. The molecule has 0 amide bonds. The molecule has 1 rings (SSSR count). The summed E-state index contributed by atoms with van der Waals surface area (Å²) in [6.07, 6.45) is 2.28. The Morgan fingerprint density at radius 2 is 2.38 bits per heavy atom. The van der Waals surface area contributed by atoms with Gasteiger partial charge in [0.05, 0.1) is 0 Å². The summed E-state index contributed by atoms with van der Waals surface area (Å²) < 4.78 is 0. The molecule has 3 N–H and O–H groups in total. The molecule has 0 spiro atoms. The molecule has 0 bridgehead atoms. The lowest BCUT2D eigenvalue weighted by Crippen LogP contribution is -2.41. The summed E-state index contributed by atoms with van der Waals surface area (Å²) in [6, 6.07) is 1.09. The van der Waals surface area contributed by atoms with E-state index in [-0.39, 0.29) is 0 Å². The van der Waals surface area contributed by atoms with Gasteiger partial charge in [-0.2, -0.15) is 0 Å². The lowest BCUT2D eigenvalue weighted by atomic mass is 10.0. The number of hydrogen-bond donors (Lipinski definition) is 2. The summed E-state index contributed by atoms with van der Waals surface area (Å²) in [4.78, 5) is 0. The third-order valence-corrected chi connectivity index (χ3v) is 1.66. The van der Waals surface area contributed by atoms with Gasteiger partial charge in [0.1, 0.15) is 0 Å². The van der Waals surface area contributed by atoms with E-state index in [0.717, 1.165) is 19.4 Å². The minimum Gasteiger partial charge on any atom is -0.328 e. The van der Waals surface area contributed by atoms with Crippen molar-refractivity contribution in [3.8, 4) is 0 Å². The smallest absolute Gasteiger partial charge is 0.00656 e. The van der Waals surface area contributed by atoms with Gasteiger partial charge in [0.15, 0.2) is 0 Å². The van der Waals surface area contributed by atoms with Gasteiger partial charge in [0, 0.05) is 12.1 Å². The van der Waals surface area contributed by atoms with Crippen LogP contribution in [-0.4, -0.2) is 18.6 Å². The fourth-order valence-corrected chi connectivity index (χ4v) is 1.17. The zero-order chi connectivity index (χ0) is 5.98. The molecule has 1 aliphatic heterocycles. The molecule has 0 saturated carbocycles. The van der Waals surface area contributed by atoms with Crippen LogP contribution in [0.25, 0.3) is 0 Å². The predicted octanol–water partition coefficient (Wildman–Crippen LogP) is 0.0856. The molecule has 0 aromatic rings. The van der Waals surface area contributed by atoms with Crippen LogP contribution < -0.4 is 11.1 Å². The Kier molecular flexibility index (Phi) is 1.86. The van der Waals surface area contributed by atoms with E-state index in [4.69, 9.17) is 5.73 Å². The van der Waals surface area contributed by atoms with Gasteiger partial charge in [0.2, 0.25) is 0 Å². The Balaban J connectivity index is 2.23. The quantitative estimate of drug-likeness (QED) is 0.468. The van der Waals surface area contributed by atoms with Crippen molar-refractivity contribution in [3.05, 3.63) is 0 Å². The Labute approximate surface area is 50.4 Å². The Morgan fingerprint density at radius 3 is 2.75 bits per heavy atom. The van der Waals surface area contributed by atoms with E-state index in [1.165, 1.54) is 0 Å². The fourth-order valence-electron chi connectivity index (χ4n) is 1.17. The monoisotopic (exact) mass is 114 g/mol. The van der Waals surface area contributed by atoms with E-state index in [1.807, 2.05) is 0 Å². The largest absolute Gasteiger partial charge is 0.328 e. The van der Waals surface area contributed by atoms with Crippen molar-refractivity contribution in [3.63, 3.8) is 0 Å². The van der Waals surface area contributed by atoms with Crippen LogP contribution in [0.3, 0.4) is 0 Å². The summed E-state index contributed by atoms with van der Waals surface area (Å²) >= 11 is 0. The summed E-state index contributed by atoms with van der Waals surface area (Å²) in [5.74, 6) is 0. The van der Waals surface area contributed by atoms with E-state index in [2.05, 4.69) is 12.2 Å². The SMILES string of the molecule is CC1CC(N)CCN1. The highest BCUT2D eigenvalue weighted by atomic mass is 14.9. The van der Waals surface area contributed by atoms with Crippen LogP contribution in [0.2, 0.25) is 0 Å². The summed E-state index contributed by atoms with van der Waals surface area (Å²) in [7, 11) is 0. The van der Waals surface area contributed by atoms with Gasteiger partial charge in [-0.25, -0.2) is 0 Å². The molecule has 2 nitrogen and oxygen atoms in total. The molecule has 0 aromatic carbocycles. The maximum Gasteiger partial charge on any atom is 0.00656 e. The van der Waals surface area contributed by atoms with Gasteiger partial charge >= 0.3 is 0 Å². The lowest BCUT2D eigenvalue weighted by molar-refractivity contribution is 0.381. The average molecular weight is 114 g/mol. The maximum atomic E-state index is 5.69. The van der Waals surface area contributed by atoms with Gasteiger partial charge in [-0.1, -0.05) is 0 Å². The second-order valence-electron chi connectivity index (χ2n) is 2.64. The Bertz CT molecular complexity index is 64.9. The van der Waals surface area contributed by atoms with Crippen LogP contribution in [0.1, 0.15) is 19.8 Å². The molecule has 48 valence electrons. The van der Waals surface area contributed by atoms with Gasteiger partial charge in [-0.05, 0) is 26.3 Å². The van der Waals surface area contributed by atoms with Crippen LogP contribution in [0.15, 0.2) is 0 Å². The molecule has 1 saturated heterocycles. The molecule has 1 aliphatic rings. The Morgan fingerprint density at radius 1 is 1.62 bits per heavy atom. The van der Waals surface area contributed by atoms with E-state index in [0.29, 0.717) is 12.1 Å². The average Bonchev–Trinajstić information content (AvgIpc) is 1.64. The highest BCUT2D eigenvalue weighted by Crippen LogP contribution is 2.04. The topological polar surface area (TPSA) is 38.0 Å². The lowest BCUT2D eigenvalue weighted by Gasteiger charge is -2.24. The number of piperidine rings is 1. The third kappa shape index (κ3) is 1.46. The molecular weight excluding hydrogens is 100 g/mol. The minimum absolute atomic E-state index is 0.450. The number of rotatable bonds is 0. The van der Waals surface area contributed by atoms with Crippen LogP contribution in [-0.2, 0) is 0 Å². The predicted molar refractivity (Wildman–Crippen MR) is 34.7 cm³/mol. The summed E-state index contributed by atoms with van der Waals surface area (Å²) in [5, 5.41) is 3.33. The fraction of sp³-hybridized carbons (Fsp3) is 1.00. The summed E-state index contributed by atoms with van der Waals surface area (Å²) in [5.41, 5.74) is 5.69. The van der Waals surface area contributed by atoms with E-state index < -0.39 is 0 Å². The molecule has 2 unspecified atom stereocenters. The zero-order valence-corrected chi connectivity index (χ0v) is 5.35. The van der Waals surface area contributed by atoms with E-state index >= 15 is 0 Å². The maximum absolute atomic E-state index is 5.69. The van der Waals surface area contributed by atoms with Crippen molar-refractivity contribution < 1.29 is 0 Å². The first-order valence-corrected chi connectivity index (χ1v) is 3.28. The van der Waals surface area contributed by atoms with Crippen molar-refractivity contribution in [1.82, 2.24) is 5.32 Å². The van der Waals surface area contributed by atoms with E-state index in [1.54, 1.807) is 0 Å². The van der Waals surface area contributed by atoms with Gasteiger partial charge in [-0.15, -0.1) is 0 Å². The first-order chi connectivity index (χ1) is 3.79. The van der Waals surface area contributed by atoms with Crippen LogP contribution in [0.4, 0.5) is 0 Å². The van der Waals surface area contributed by atoms with Crippen LogP contribution in [0.5, 0.6) is 0 Å². The van der Waals surface area contributed by atoms with Crippen LogP contribution in [0, 0.1) is 0 Å². The zero-order valence-electron chi connectivity index (χ0n) is 5.35. The van der Waals surface area contributed by atoms with Crippen molar-refractivity contribution in [2.45, 2.75) is 31.8 Å².